The van der Waals surface area contributed by atoms with Crippen LogP contribution in [0.4, 0.5) is 5.69 Å². The Hall–Kier alpha value is -2.27. The van der Waals surface area contributed by atoms with E-state index in [1.807, 2.05) is 24.3 Å². The third-order valence-electron chi connectivity index (χ3n) is 2.97. The first-order chi connectivity index (χ1) is 8.69. The Morgan fingerprint density at radius 3 is 2.17 bits per heavy atom. The summed E-state index contributed by atoms with van der Waals surface area (Å²) < 4.78 is 0. The van der Waals surface area contributed by atoms with Crippen LogP contribution in [0.3, 0.4) is 0 Å². The van der Waals surface area contributed by atoms with Crippen LogP contribution in [0.5, 0.6) is 0 Å². The topological polar surface area (TPSA) is 35.8 Å². The van der Waals surface area contributed by atoms with Crippen molar-refractivity contribution in [2.75, 3.05) is 5.32 Å². The second-order valence-corrected chi connectivity index (χ2v) is 4.47. The van der Waals surface area contributed by atoms with Crippen molar-refractivity contribution in [1.29, 1.82) is 5.26 Å². The Balaban J connectivity index is 2.09. The largest absolute Gasteiger partial charge is 0.379 e. The molecule has 2 aromatic rings. The normalized spacial score (nSPS) is 11.6. The predicted octanol–water partition coefficient (Wildman–Crippen LogP) is 4.04. The summed E-state index contributed by atoms with van der Waals surface area (Å²) >= 11 is 0. The number of hydrogen-bond acceptors (Lipinski definition) is 2. The Morgan fingerprint density at radius 2 is 1.61 bits per heavy atom. The van der Waals surface area contributed by atoms with Gasteiger partial charge >= 0.3 is 0 Å². The molecule has 1 atom stereocenters. The molecule has 0 bridgehead atoms. The lowest BCUT2D eigenvalue weighted by Gasteiger charge is -2.15. The molecule has 18 heavy (non-hydrogen) atoms. The van der Waals surface area contributed by atoms with Crippen LogP contribution in [0, 0.1) is 18.3 Å². The van der Waals surface area contributed by atoms with Gasteiger partial charge in [0.15, 0.2) is 0 Å². The molecule has 0 fully saturated rings. The van der Waals surface area contributed by atoms with Crippen LogP contribution in [0.15, 0.2) is 48.5 Å². The SMILES string of the molecule is Cc1ccc(NC(C)c2ccc(C#N)cc2)cc1. The van der Waals surface area contributed by atoms with E-state index in [1.165, 1.54) is 11.1 Å². The molecule has 90 valence electrons. The Morgan fingerprint density at radius 1 is 1.00 bits per heavy atom. The molecule has 1 unspecified atom stereocenters. The molecule has 2 rings (SSSR count). The van der Waals surface area contributed by atoms with E-state index in [4.69, 9.17) is 5.26 Å². The summed E-state index contributed by atoms with van der Waals surface area (Å²) in [5.41, 5.74) is 4.24. The number of benzene rings is 2. The van der Waals surface area contributed by atoms with Gasteiger partial charge in [0.1, 0.15) is 0 Å². The number of rotatable bonds is 3. The summed E-state index contributed by atoms with van der Waals surface area (Å²) in [7, 11) is 0. The number of aryl methyl sites for hydroxylation is 1. The van der Waals surface area contributed by atoms with Gasteiger partial charge in [0.2, 0.25) is 0 Å². The van der Waals surface area contributed by atoms with Gasteiger partial charge in [-0.2, -0.15) is 5.26 Å². The van der Waals surface area contributed by atoms with Crippen molar-refractivity contribution >= 4 is 5.69 Å². The summed E-state index contributed by atoms with van der Waals surface area (Å²) in [5.74, 6) is 0. The zero-order valence-electron chi connectivity index (χ0n) is 10.6. The molecule has 2 aromatic carbocycles. The van der Waals surface area contributed by atoms with Crippen molar-refractivity contribution in [1.82, 2.24) is 0 Å². The lowest BCUT2D eigenvalue weighted by Crippen LogP contribution is -2.06. The van der Waals surface area contributed by atoms with Crippen molar-refractivity contribution in [3.8, 4) is 6.07 Å². The lowest BCUT2D eigenvalue weighted by molar-refractivity contribution is 0.884. The first kappa shape index (κ1) is 12.2. The Labute approximate surface area is 108 Å². The minimum Gasteiger partial charge on any atom is -0.379 e. The highest BCUT2D eigenvalue weighted by molar-refractivity contribution is 5.47. The van der Waals surface area contributed by atoms with Crippen molar-refractivity contribution in [3.05, 3.63) is 65.2 Å². The second kappa shape index (κ2) is 5.37. The molecular weight excluding hydrogens is 220 g/mol. The number of nitrogens with one attached hydrogen (secondary N) is 1. The smallest absolute Gasteiger partial charge is 0.0991 e. The molecule has 0 heterocycles. The molecule has 1 N–H and O–H groups in total. The van der Waals surface area contributed by atoms with E-state index in [1.54, 1.807) is 0 Å². The molecule has 0 radical (unpaired) electrons. The highest BCUT2D eigenvalue weighted by Crippen LogP contribution is 2.19. The summed E-state index contributed by atoms with van der Waals surface area (Å²) in [5, 5.41) is 12.2. The van der Waals surface area contributed by atoms with Crippen LogP contribution in [-0.4, -0.2) is 0 Å². The van der Waals surface area contributed by atoms with Crippen LogP contribution in [-0.2, 0) is 0 Å². The van der Waals surface area contributed by atoms with Gasteiger partial charge < -0.3 is 5.32 Å². The van der Waals surface area contributed by atoms with Crippen molar-refractivity contribution in [2.24, 2.45) is 0 Å². The van der Waals surface area contributed by atoms with Crippen molar-refractivity contribution in [3.63, 3.8) is 0 Å². The van der Waals surface area contributed by atoms with E-state index in [2.05, 4.69) is 49.5 Å². The predicted molar refractivity (Wildman–Crippen MR) is 74.4 cm³/mol. The van der Waals surface area contributed by atoms with Crippen LogP contribution < -0.4 is 5.32 Å². The molecule has 0 amide bonds. The fourth-order valence-electron chi connectivity index (χ4n) is 1.83. The number of nitrogens with zero attached hydrogens (tertiary/aromatic N) is 1. The molecule has 0 saturated heterocycles. The van der Waals surface area contributed by atoms with Gasteiger partial charge in [-0.05, 0) is 43.7 Å². The maximum Gasteiger partial charge on any atom is 0.0991 e. The van der Waals surface area contributed by atoms with E-state index >= 15 is 0 Å². The van der Waals surface area contributed by atoms with Gasteiger partial charge in [0, 0.05) is 11.7 Å². The van der Waals surface area contributed by atoms with Crippen molar-refractivity contribution in [2.45, 2.75) is 19.9 Å². The van der Waals surface area contributed by atoms with Gasteiger partial charge in [-0.15, -0.1) is 0 Å². The minimum atomic E-state index is 0.223. The molecule has 0 aliphatic rings. The van der Waals surface area contributed by atoms with Gasteiger partial charge in [-0.25, -0.2) is 0 Å². The van der Waals surface area contributed by atoms with E-state index in [9.17, 15) is 0 Å². The van der Waals surface area contributed by atoms with Gasteiger partial charge in [-0.3, -0.25) is 0 Å². The Kier molecular flexibility index (Phi) is 3.64. The Bertz CT molecular complexity index is 547. The van der Waals surface area contributed by atoms with E-state index < -0.39 is 0 Å². The fourth-order valence-corrected chi connectivity index (χ4v) is 1.83. The third kappa shape index (κ3) is 2.89. The monoisotopic (exact) mass is 236 g/mol. The minimum absolute atomic E-state index is 0.223. The summed E-state index contributed by atoms with van der Waals surface area (Å²) in [6, 6.07) is 18.4. The standard InChI is InChI=1S/C16H16N2/c1-12-3-9-16(10-4-12)18-13(2)15-7-5-14(11-17)6-8-15/h3-10,13,18H,1-2H3. The number of nitriles is 1. The molecule has 0 spiro atoms. The highest BCUT2D eigenvalue weighted by atomic mass is 14.9. The zero-order valence-corrected chi connectivity index (χ0v) is 10.6. The molecule has 2 heteroatoms. The molecular formula is C16H16N2. The second-order valence-electron chi connectivity index (χ2n) is 4.47. The van der Waals surface area contributed by atoms with E-state index in [-0.39, 0.29) is 6.04 Å². The van der Waals surface area contributed by atoms with Crippen LogP contribution in [0.2, 0.25) is 0 Å². The van der Waals surface area contributed by atoms with E-state index in [0.717, 1.165) is 5.69 Å². The first-order valence-electron chi connectivity index (χ1n) is 6.02. The summed E-state index contributed by atoms with van der Waals surface area (Å²) in [6.07, 6.45) is 0. The fraction of sp³-hybridized carbons (Fsp3) is 0.188. The van der Waals surface area contributed by atoms with Crippen LogP contribution in [0.1, 0.15) is 29.7 Å². The molecule has 0 aliphatic carbocycles. The molecule has 0 saturated carbocycles. The van der Waals surface area contributed by atoms with Crippen LogP contribution in [0.25, 0.3) is 0 Å². The number of anilines is 1. The maximum atomic E-state index is 8.76. The number of hydrogen-bond donors (Lipinski definition) is 1. The molecule has 0 aliphatic heterocycles. The molecule has 0 aromatic heterocycles. The third-order valence-corrected chi connectivity index (χ3v) is 2.97. The highest BCUT2D eigenvalue weighted by Gasteiger charge is 2.04. The lowest BCUT2D eigenvalue weighted by atomic mass is 10.1. The molecule has 2 nitrogen and oxygen atoms in total. The maximum absolute atomic E-state index is 8.76. The van der Waals surface area contributed by atoms with Gasteiger partial charge in [0.25, 0.3) is 0 Å². The average molecular weight is 236 g/mol. The van der Waals surface area contributed by atoms with Crippen molar-refractivity contribution < 1.29 is 0 Å². The van der Waals surface area contributed by atoms with Gasteiger partial charge in [0.05, 0.1) is 11.6 Å². The summed E-state index contributed by atoms with van der Waals surface area (Å²) in [4.78, 5) is 0. The quantitative estimate of drug-likeness (QED) is 0.873. The first-order valence-corrected chi connectivity index (χ1v) is 6.02. The average Bonchev–Trinajstić information content (AvgIpc) is 2.41. The van der Waals surface area contributed by atoms with Gasteiger partial charge in [-0.1, -0.05) is 29.8 Å². The zero-order chi connectivity index (χ0) is 13.0. The van der Waals surface area contributed by atoms with Crippen LogP contribution >= 0.6 is 0 Å². The summed E-state index contributed by atoms with van der Waals surface area (Å²) in [6.45, 7) is 4.19. The van der Waals surface area contributed by atoms with E-state index in [0.29, 0.717) is 5.56 Å².